The fourth-order valence-corrected chi connectivity index (χ4v) is 3.98. The van der Waals surface area contributed by atoms with Gasteiger partial charge in [0, 0.05) is 17.3 Å². The first kappa shape index (κ1) is 14.0. The molecule has 2 aliphatic rings. The summed E-state index contributed by atoms with van der Waals surface area (Å²) in [6.45, 7) is 3.69. The summed E-state index contributed by atoms with van der Waals surface area (Å²) in [6.07, 6.45) is 1.79. The van der Waals surface area contributed by atoms with Crippen molar-refractivity contribution in [2.24, 2.45) is 11.8 Å². The molecule has 1 amide bonds. The number of amides is 1. The zero-order valence-corrected chi connectivity index (χ0v) is 12.7. The van der Waals surface area contributed by atoms with Crippen LogP contribution in [0, 0.1) is 11.8 Å². The average Bonchev–Trinajstić information content (AvgIpc) is 3.06. The number of carbonyl (C=O) groups excluding carboxylic acids is 1. The zero-order chi connectivity index (χ0) is 13.9. The van der Waals surface area contributed by atoms with Crippen molar-refractivity contribution in [1.82, 2.24) is 10.2 Å². The van der Waals surface area contributed by atoms with Gasteiger partial charge in [-0.05, 0) is 37.4 Å². The summed E-state index contributed by atoms with van der Waals surface area (Å²) in [6, 6.07) is 4.05. The van der Waals surface area contributed by atoms with E-state index in [9.17, 15) is 4.79 Å². The topological polar surface area (TPSA) is 41.6 Å². The van der Waals surface area contributed by atoms with Crippen LogP contribution in [-0.2, 0) is 16.1 Å². The van der Waals surface area contributed by atoms with Gasteiger partial charge < -0.3 is 15.0 Å². The van der Waals surface area contributed by atoms with Crippen molar-refractivity contribution in [1.29, 1.82) is 0 Å². The van der Waals surface area contributed by atoms with E-state index in [0.29, 0.717) is 24.8 Å². The molecule has 0 radical (unpaired) electrons. The molecule has 20 heavy (non-hydrogen) atoms. The third-order valence-corrected chi connectivity index (χ3v) is 5.30. The van der Waals surface area contributed by atoms with Crippen molar-refractivity contribution in [3.63, 3.8) is 0 Å². The predicted octanol–water partition coefficient (Wildman–Crippen LogP) is 1.72. The lowest BCUT2D eigenvalue weighted by Gasteiger charge is -2.33. The summed E-state index contributed by atoms with van der Waals surface area (Å²) >= 11 is 1.67. The molecule has 0 bridgehead atoms. The second-order valence-corrected chi connectivity index (χ2v) is 6.94. The number of thiophene rings is 1. The minimum Gasteiger partial charge on any atom is -0.377 e. The van der Waals surface area contributed by atoms with E-state index >= 15 is 0 Å². The quantitative estimate of drug-likeness (QED) is 0.919. The summed E-state index contributed by atoms with van der Waals surface area (Å²) in [7, 11) is 2.16. The summed E-state index contributed by atoms with van der Waals surface area (Å²) in [4.78, 5) is 15.6. The van der Waals surface area contributed by atoms with E-state index < -0.39 is 0 Å². The molecule has 3 heterocycles. The van der Waals surface area contributed by atoms with Gasteiger partial charge in [-0.25, -0.2) is 0 Å². The molecule has 110 valence electrons. The minimum absolute atomic E-state index is 0.114. The molecule has 3 atom stereocenters. The standard InChI is InChI=1S/C15H22N2O2S/c1-17-5-4-13-11(9-17)10-19-14(13)7-15(18)16-8-12-3-2-6-20-12/h2-3,6,11,13-14H,4-5,7-10H2,1H3,(H,16,18)/t11-,13-,14+/m1/s1. The number of hydrogen-bond donors (Lipinski definition) is 1. The van der Waals surface area contributed by atoms with Crippen LogP contribution in [0.3, 0.4) is 0 Å². The third kappa shape index (κ3) is 3.22. The van der Waals surface area contributed by atoms with Crippen LogP contribution in [0.25, 0.3) is 0 Å². The Morgan fingerprint density at radius 1 is 1.60 bits per heavy atom. The van der Waals surface area contributed by atoms with Gasteiger partial charge >= 0.3 is 0 Å². The van der Waals surface area contributed by atoms with Crippen LogP contribution in [0.5, 0.6) is 0 Å². The Kier molecular flexibility index (Phi) is 4.38. The molecule has 0 unspecified atom stereocenters. The number of carbonyl (C=O) groups is 1. The van der Waals surface area contributed by atoms with Crippen LogP contribution in [-0.4, -0.2) is 43.7 Å². The SMILES string of the molecule is CN1CC[C@@H]2[C@@H](CO[C@H]2CC(=O)NCc2cccs2)C1. The zero-order valence-electron chi connectivity index (χ0n) is 11.9. The molecule has 0 saturated carbocycles. The van der Waals surface area contributed by atoms with E-state index in [2.05, 4.69) is 17.3 Å². The smallest absolute Gasteiger partial charge is 0.222 e. The molecule has 1 N–H and O–H groups in total. The van der Waals surface area contributed by atoms with E-state index in [1.165, 1.54) is 4.88 Å². The predicted molar refractivity (Wildman–Crippen MR) is 79.6 cm³/mol. The first-order valence-electron chi connectivity index (χ1n) is 7.31. The highest BCUT2D eigenvalue weighted by atomic mass is 32.1. The lowest BCUT2D eigenvalue weighted by atomic mass is 9.83. The van der Waals surface area contributed by atoms with Crippen LogP contribution in [0.15, 0.2) is 17.5 Å². The molecule has 1 aromatic rings. The Bertz CT molecular complexity index is 449. The summed E-state index contributed by atoms with van der Waals surface area (Å²) in [5, 5.41) is 5.03. The first-order valence-corrected chi connectivity index (χ1v) is 8.19. The number of rotatable bonds is 4. The van der Waals surface area contributed by atoms with E-state index in [4.69, 9.17) is 4.74 Å². The highest BCUT2D eigenvalue weighted by molar-refractivity contribution is 7.09. The molecule has 2 fully saturated rings. The molecule has 4 nitrogen and oxygen atoms in total. The van der Waals surface area contributed by atoms with Gasteiger partial charge in [-0.2, -0.15) is 0 Å². The van der Waals surface area contributed by atoms with Crippen molar-refractivity contribution >= 4 is 17.2 Å². The number of nitrogens with zero attached hydrogens (tertiary/aromatic N) is 1. The molecule has 0 aromatic carbocycles. The molecule has 1 aromatic heterocycles. The van der Waals surface area contributed by atoms with Gasteiger partial charge in [0.1, 0.15) is 0 Å². The van der Waals surface area contributed by atoms with Crippen LogP contribution in [0.2, 0.25) is 0 Å². The highest BCUT2D eigenvalue weighted by Crippen LogP contribution is 2.35. The Hall–Kier alpha value is -0.910. The lowest BCUT2D eigenvalue weighted by molar-refractivity contribution is -0.123. The fourth-order valence-electron chi connectivity index (χ4n) is 3.33. The number of ether oxygens (including phenoxy) is 1. The van der Waals surface area contributed by atoms with Gasteiger partial charge in [-0.3, -0.25) is 4.79 Å². The largest absolute Gasteiger partial charge is 0.377 e. The van der Waals surface area contributed by atoms with Gasteiger partial charge in [-0.15, -0.1) is 11.3 Å². The second-order valence-electron chi connectivity index (χ2n) is 5.91. The fraction of sp³-hybridized carbons (Fsp3) is 0.667. The normalized spacial score (nSPS) is 30.1. The maximum Gasteiger partial charge on any atom is 0.222 e. The first-order chi connectivity index (χ1) is 9.72. The van der Waals surface area contributed by atoms with Crippen LogP contribution < -0.4 is 5.32 Å². The second kappa shape index (κ2) is 6.24. The summed E-state index contributed by atoms with van der Waals surface area (Å²) in [5.41, 5.74) is 0. The molecule has 2 aliphatic heterocycles. The summed E-state index contributed by atoms with van der Waals surface area (Å²) in [5.74, 6) is 1.30. The van der Waals surface area contributed by atoms with Crippen molar-refractivity contribution in [2.45, 2.75) is 25.5 Å². The molecule has 5 heteroatoms. The molecule has 0 spiro atoms. The van der Waals surface area contributed by atoms with Crippen LogP contribution in [0.1, 0.15) is 17.7 Å². The number of likely N-dealkylation sites (tertiary alicyclic amines) is 1. The van der Waals surface area contributed by atoms with E-state index in [1.54, 1.807) is 11.3 Å². The molecule has 0 aliphatic carbocycles. The number of piperidine rings is 1. The van der Waals surface area contributed by atoms with E-state index in [-0.39, 0.29) is 12.0 Å². The minimum atomic E-state index is 0.114. The maximum absolute atomic E-state index is 12.0. The van der Waals surface area contributed by atoms with E-state index in [0.717, 1.165) is 26.1 Å². The Morgan fingerprint density at radius 2 is 2.50 bits per heavy atom. The average molecular weight is 294 g/mol. The van der Waals surface area contributed by atoms with Gasteiger partial charge in [-0.1, -0.05) is 6.07 Å². The van der Waals surface area contributed by atoms with Gasteiger partial charge in [0.2, 0.25) is 5.91 Å². The van der Waals surface area contributed by atoms with Gasteiger partial charge in [0.25, 0.3) is 0 Å². The van der Waals surface area contributed by atoms with Crippen LogP contribution >= 0.6 is 11.3 Å². The van der Waals surface area contributed by atoms with E-state index in [1.807, 2.05) is 17.5 Å². The van der Waals surface area contributed by atoms with Crippen molar-refractivity contribution in [3.8, 4) is 0 Å². The lowest BCUT2D eigenvalue weighted by Crippen LogP contribution is -2.40. The molecular formula is C15H22N2O2S. The Balaban J connectivity index is 1.47. The molecule has 2 saturated heterocycles. The van der Waals surface area contributed by atoms with Gasteiger partial charge in [0.05, 0.1) is 25.7 Å². The Labute approximate surface area is 124 Å². The van der Waals surface area contributed by atoms with Crippen molar-refractivity contribution < 1.29 is 9.53 Å². The number of nitrogens with one attached hydrogen (secondary N) is 1. The third-order valence-electron chi connectivity index (χ3n) is 4.42. The van der Waals surface area contributed by atoms with Crippen molar-refractivity contribution in [2.75, 3.05) is 26.7 Å². The monoisotopic (exact) mass is 294 g/mol. The van der Waals surface area contributed by atoms with Crippen molar-refractivity contribution in [3.05, 3.63) is 22.4 Å². The number of fused-ring (bicyclic) bond motifs is 1. The highest BCUT2D eigenvalue weighted by Gasteiger charge is 2.40. The molecular weight excluding hydrogens is 272 g/mol. The maximum atomic E-state index is 12.0. The summed E-state index contributed by atoms with van der Waals surface area (Å²) < 4.78 is 5.87. The van der Waals surface area contributed by atoms with Crippen LogP contribution in [0.4, 0.5) is 0 Å². The Morgan fingerprint density at radius 3 is 3.30 bits per heavy atom. The molecule has 3 rings (SSSR count). The van der Waals surface area contributed by atoms with Gasteiger partial charge in [0.15, 0.2) is 0 Å². The number of hydrogen-bond acceptors (Lipinski definition) is 4.